The van der Waals surface area contributed by atoms with E-state index in [2.05, 4.69) is 5.10 Å². The molecule has 0 aliphatic carbocycles. The summed E-state index contributed by atoms with van der Waals surface area (Å²) in [5.74, 6) is -0.725. The normalized spacial score (nSPS) is 15.5. The number of para-hydroxylation sites is 1. The Morgan fingerprint density at radius 1 is 1.02 bits per heavy atom. The fourth-order valence-corrected chi connectivity index (χ4v) is 6.21. The number of aromatic carboxylic acids is 1. The number of benzene rings is 3. The maximum absolute atomic E-state index is 13.7. The molecule has 1 amide bonds. The second kappa shape index (κ2) is 12.5. The van der Waals surface area contributed by atoms with Crippen LogP contribution >= 0.6 is 23.2 Å². The Morgan fingerprint density at radius 2 is 1.77 bits per heavy atom. The number of aromatic nitrogens is 2. The summed E-state index contributed by atoms with van der Waals surface area (Å²) >= 11 is 13.2. The number of amides is 1. The Bertz CT molecular complexity index is 1710. The maximum Gasteiger partial charge on any atom is 0.337 e. The van der Waals surface area contributed by atoms with Crippen molar-refractivity contribution in [1.82, 2.24) is 14.7 Å². The molecular weight excluding hydrogens is 607 g/mol. The van der Waals surface area contributed by atoms with E-state index in [9.17, 15) is 19.8 Å². The molecule has 2 aliphatic heterocycles. The topological polar surface area (TPSA) is 117 Å². The third-order valence-electron chi connectivity index (χ3n) is 7.67. The first-order chi connectivity index (χ1) is 21.2. The van der Waals surface area contributed by atoms with Gasteiger partial charge in [-0.3, -0.25) is 9.48 Å². The van der Waals surface area contributed by atoms with Gasteiger partial charge in [0.25, 0.3) is 5.91 Å². The predicted octanol–water partition coefficient (Wildman–Crippen LogP) is 5.43. The second-order valence-corrected chi connectivity index (χ2v) is 11.6. The number of anilines is 1. The van der Waals surface area contributed by atoms with Crippen molar-refractivity contribution >= 4 is 40.8 Å². The predicted molar refractivity (Wildman–Crippen MR) is 167 cm³/mol. The minimum Gasteiger partial charge on any atom is -0.478 e. The molecule has 1 saturated heterocycles. The number of fused-ring (bicyclic) bond motifs is 1. The van der Waals surface area contributed by atoms with E-state index in [1.165, 1.54) is 4.90 Å². The van der Waals surface area contributed by atoms with Crippen LogP contribution in [0.4, 0.5) is 5.69 Å². The second-order valence-electron chi connectivity index (χ2n) is 10.8. The zero-order valence-corrected chi connectivity index (χ0v) is 25.4. The summed E-state index contributed by atoms with van der Waals surface area (Å²) in [6.45, 7) is 4.54. The summed E-state index contributed by atoms with van der Waals surface area (Å²) < 4.78 is 13.3. The van der Waals surface area contributed by atoms with Crippen LogP contribution in [-0.4, -0.2) is 75.9 Å². The maximum atomic E-state index is 13.7. The first-order valence-electron chi connectivity index (χ1n) is 14.1. The highest BCUT2D eigenvalue weighted by Crippen LogP contribution is 2.40. The van der Waals surface area contributed by atoms with Gasteiger partial charge in [0.15, 0.2) is 6.73 Å². The number of hydrogen-bond donors (Lipinski definition) is 2. The molecule has 1 atom stereocenters. The van der Waals surface area contributed by atoms with Crippen LogP contribution in [-0.2, 0) is 17.8 Å². The Hall–Kier alpha value is -4.09. The van der Waals surface area contributed by atoms with Gasteiger partial charge in [0.2, 0.25) is 0 Å². The summed E-state index contributed by atoms with van der Waals surface area (Å²) in [7, 11) is 0. The van der Waals surface area contributed by atoms with Crippen LogP contribution in [0, 0.1) is 0 Å². The Labute approximate surface area is 263 Å². The third-order valence-corrected chi connectivity index (χ3v) is 8.27. The molecule has 3 heterocycles. The van der Waals surface area contributed by atoms with Gasteiger partial charge in [-0.05, 0) is 42.3 Å². The van der Waals surface area contributed by atoms with Gasteiger partial charge in [0, 0.05) is 36.0 Å². The molecule has 4 aromatic rings. The fraction of sp³-hybridized carbons (Fsp3) is 0.281. The van der Waals surface area contributed by atoms with Crippen LogP contribution in [0.1, 0.15) is 33.2 Å². The van der Waals surface area contributed by atoms with Gasteiger partial charge < -0.3 is 29.5 Å². The van der Waals surface area contributed by atoms with E-state index in [0.717, 1.165) is 22.3 Å². The molecule has 0 bridgehead atoms. The number of carboxylic acids is 1. The number of rotatable bonds is 7. The summed E-state index contributed by atoms with van der Waals surface area (Å²) in [4.78, 5) is 29.2. The monoisotopic (exact) mass is 636 g/mol. The number of nitrogens with zero attached hydrogens (tertiary/aromatic N) is 4. The summed E-state index contributed by atoms with van der Waals surface area (Å²) in [5, 5.41) is 24.1. The standard InChI is InChI=1S/C32H30Cl2N4O6/c1-19(39)15-38-17-23(14-35-38)22-11-26(33)29(27(34)12-22)31(40)37-16-21-3-2-4-24(30(21)44-18-37)20-5-6-25(32(41)42)28(13-20)36-7-9-43-10-8-36/h2-6,11-14,17,19,39H,7-10,15-16,18H2,1H3,(H,41,42)/t19-/m0/s1. The van der Waals surface area contributed by atoms with Crippen LogP contribution in [0.3, 0.4) is 0 Å². The lowest BCUT2D eigenvalue weighted by atomic mass is 9.97. The van der Waals surface area contributed by atoms with Gasteiger partial charge in [0.1, 0.15) is 5.75 Å². The molecule has 228 valence electrons. The van der Waals surface area contributed by atoms with Gasteiger partial charge >= 0.3 is 5.97 Å². The molecule has 1 fully saturated rings. The van der Waals surface area contributed by atoms with E-state index in [-0.39, 0.29) is 40.4 Å². The minimum absolute atomic E-state index is 0.0209. The molecule has 1 aromatic heterocycles. The van der Waals surface area contributed by atoms with E-state index >= 15 is 0 Å². The van der Waals surface area contributed by atoms with E-state index < -0.39 is 12.1 Å². The number of carbonyl (C=O) groups is 2. The van der Waals surface area contributed by atoms with E-state index in [4.69, 9.17) is 32.7 Å². The van der Waals surface area contributed by atoms with Crippen molar-refractivity contribution in [3.05, 3.63) is 87.7 Å². The van der Waals surface area contributed by atoms with Gasteiger partial charge in [-0.1, -0.05) is 47.5 Å². The molecule has 0 radical (unpaired) electrons. The Kier molecular flexibility index (Phi) is 8.50. The fourth-order valence-electron chi connectivity index (χ4n) is 5.56. The number of aliphatic hydroxyl groups excluding tert-OH is 1. The highest BCUT2D eigenvalue weighted by Gasteiger charge is 2.29. The molecule has 0 spiro atoms. The first-order valence-corrected chi connectivity index (χ1v) is 14.9. The van der Waals surface area contributed by atoms with Crippen LogP contribution in [0.25, 0.3) is 22.3 Å². The molecule has 12 heteroatoms. The van der Waals surface area contributed by atoms with Crippen molar-refractivity contribution in [1.29, 1.82) is 0 Å². The van der Waals surface area contributed by atoms with Crippen LogP contribution in [0.15, 0.2) is 60.9 Å². The quantitative estimate of drug-likeness (QED) is 0.276. The molecular formula is C32H30Cl2N4O6. The molecule has 0 unspecified atom stereocenters. The SMILES string of the molecule is C[C@H](O)Cn1cc(-c2cc(Cl)c(C(=O)N3COc4c(cccc4-c4ccc(C(=O)O)c(N5CCOCC5)c4)C3)c(Cl)c2)cn1. The average molecular weight is 638 g/mol. The molecule has 2 aliphatic rings. The third kappa shape index (κ3) is 5.98. The highest BCUT2D eigenvalue weighted by molar-refractivity contribution is 6.40. The zero-order valence-electron chi connectivity index (χ0n) is 23.9. The lowest BCUT2D eigenvalue weighted by molar-refractivity contribution is 0.0516. The molecule has 10 nitrogen and oxygen atoms in total. The van der Waals surface area contributed by atoms with Crippen molar-refractivity contribution in [2.75, 3.05) is 37.9 Å². The number of halogens is 2. The Morgan fingerprint density at radius 3 is 2.48 bits per heavy atom. The van der Waals surface area contributed by atoms with E-state index in [0.29, 0.717) is 49.8 Å². The van der Waals surface area contributed by atoms with Crippen molar-refractivity contribution in [3.8, 4) is 28.0 Å². The minimum atomic E-state index is -0.990. The number of morpholine rings is 1. The lowest BCUT2D eigenvalue weighted by Gasteiger charge is -2.32. The van der Waals surface area contributed by atoms with Crippen LogP contribution < -0.4 is 9.64 Å². The number of carboxylic acid groups (broad SMARTS) is 1. The highest BCUT2D eigenvalue weighted by atomic mass is 35.5. The van der Waals surface area contributed by atoms with Crippen LogP contribution in [0.5, 0.6) is 5.75 Å². The summed E-state index contributed by atoms with van der Waals surface area (Å²) in [5.41, 5.74) is 4.90. The number of aliphatic hydroxyl groups is 1. The first kappa shape index (κ1) is 30.0. The van der Waals surface area contributed by atoms with E-state index in [1.54, 1.807) is 48.3 Å². The summed E-state index contributed by atoms with van der Waals surface area (Å²) in [6, 6.07) is 14.3. The number of ether oxygens (including phenoxy) is 2. The van der Waals surface area contributed by atoms with Crippen molar-refractivity contribution in [2.45, 2.75) is 26.1 Å². The molecule has 3 aromatic carbocycles. The largest absolute Gasteiger partial charge is 0.478 e. The number of carbonyl (C=O) groups excluding carboxylic acids is 1. The summed E-state index contributed by atoms with van der Waals surface area (Å²) in [6.07, 6.45) is 2.88. The van der Waals surface area contributed by atoms with Gasteiger partial charge in [-0.15, -0.1) is 0 Å². The van der Waals surface area contributed by atoms with Gasteiger partial charge in [0.05, 0.1) is 65.5 Å². The molecule has 2 N–H and O–H groups in total. The number of hydrogen-bond acceptors (Lipinski definition) is 7. The Balaban J connectivity index is 1.25. The van der Waals surface area contributed by atoms with Gasteiger partial charge in [-0.25, -0.2) is 4.79 Å². The van der Waals surface area contributed by atoms with Crippen molar-refractivity contribution in [3.63, 3.8) is 0 Å². The zero-order chi connectivity index (χ0) is 31.0. The van der Waals surface area contributed by atoms with Crippen molar-refractivity contribution in [2.24, 2.45) is 0 Å². The van der Waals surface area contributed by atoms with Crippen molar-refractivity contribution < 1.29 is 29.3 Å². The molecule has 6 rings (SSSR count). The molecule has 44 heavy (non-hydrogen) atoms. The van der Waals surface area contributed by atoms with E-state index in [1.807, 2.05) is 29.2 Å². The average Bonchev–Trinajstić information content (AvgIpc) is 3.48. The van der Waals surface area contributed by atoms with Crippen LogP contribution in [0.2, 0.25) is 10.0 Å². The smallest absolute Gasteiger partial charge is 0.337 e. The lowest BCUT2D eigenvalue weighted by Crippen LogP contribution is -2.37. The van der Waals surface area contributed by atoms with Gasteiger partial charge in [-0.2, -0.15) is 5.10 Å². The molecule has 0 saturated carbocycles.